The lowest BCUT2D eigenvalue weighted by Gasteiger charge is -2.25. The molecule has 2 rings (SSSR count). The molecule has 0 saturated carbocycles. The lowest BCUT2D eigenvalue weighted by atomic mass is 9.82. The minimum absolute atomic E-state index is 0.131. The first-order valence-electron chi connectivity index (χ1n) is 7.04. The molecule has 1 atom stereocenters. The summed E-state index contributed by atoms with van der Waals surface area (Å²) in [6.45, 7) is 3.91. The van der Waals surface area contributed by atoms with Crippen LogP contribution in [0, 0.1) is 0 Å². The number of rotatable bonds is 5. The van der Waals surface area contributed by atoms with Gasteiger partial charge < -0.3 is 9.84 Å². The van der Waals surface area contributed by atoms with Crippen LogP contribution < -0.4 is 4.74 Å². The first kappa shape index (κ1) is 15.2. The zero-order valence-electron chi connectivity index (χ0n) is 12.1. The van der Waals surface area contributed by atoms with Gasteiger partial charge in [0.2, 0.25) is 0 Å². The standard InChI is InChI=1S/C16H22O3S/c1-16(2,10-15(17)18)12-5-7-13(8-6-12)19-14-4-3-9-20-11-14/h5-8,14H,3-4,9-11H2,1-2H3,(H,17,18). The molecule has 0 spiro atoms. The summed E-state index contributed by atoms with van der Waals surface area (Å²) in [6.07, 6.45) is 2.79. The van der Waals surface area contributed by atoms with Crippen LogP contribution >= 0.6 is 11.8 Å². The van der Waals surface area contributed by atoms with Gasteiger partial charge in [0.25, 0.3) is 0 Å². The third-order valence-corrected chi connectivity index (χ3v) is 4.84. The van der Waals surface area contributed by atoms with Gasteiger partial charge in [-0.05, 0) is 36.3 Å². The second-order valence-corrected chi connectivity index (χ2v) is 7.09. The van der Waals surface area contributed by atoms with E-state index in [1.807, 2.05) is 49.9 Å². The van der Waals surface area contributed by atoms with Crippen molar-refractivity contribution in [3.05, 3.63) is 29.8 Å². The van der Waals surface area contributed by atoms with Gasteiger partial charge in [-0.15, -0.1) is 0 Å². The topological polar surface area (TPSA) is 46.5 Å². The highest BCUT2D eigenvalue weighted by Gasteiger charge is 2.24. The molecule has 3 nitrogen and oxygen atoms in total. The Morgan fingerprint density at radius 3 is 2.65 bits per heavy atom. The summed E-state index contributed by atoms with van der Waals surface area (Å²) in [5, 5.41) is 8.95. The zero-order valence-corrected chi connectivity index (χ0v) is 12.9. The van der Waals surface area contributed by atoms with E-state index in [1.54, 1.807) is 0 Å². The van der Waals surface area contributed by atoms with Crippen LogP contribution in [0.25, 0.3) is 0 Å². The molecule has 1 aliphatic rings. The van der Waals surface area contributed by atoms with Crippen LogP contribution in [-0.2, 0) is 10.2 Å². The van der Waals surface area contributed by atoms with E-state index < -0.39 is 5.97 Å². The zero-order chi connectivity index (χ0) is 14.6. The minimum atomic E-state index is -0.769. The number of hydrogen-bond acceptors (Lipinski definition) is 3. The number of thioether (sulfide) groups is 1. The van der Waals surface area contributed by atoms with E-state index in [0.29, 0.717) is 6.10 Å². The molecule has 0 bridgehead atoms. The minimum Gasteiger partial charge on any atom is -0.490 e. The lowest BCUT2D eigenvalue weighted by molar-refractivity contribution is -0.138. The average molecular weight is 294 g/mol. The molecular weight excluding hydrogens is 272 g/mol. The molecule has 110 valence electrons. The Kier molecular flexibility index (Phi) is 4.97. The summed E-state index contributed by atoms with van der Waals surface area (Å²) in [5.74, 6) is 2.41. The molecule has 0 aliphatic carbocycles. The van der Waals surface area contributed by atoms with Gasteiger partial charge in [-0.1, -0.05) is 26.0 Å². The molecule has 1 heterocycles. The summed E-state index contributed by atoms with van der Waals surface area (Å²) in [6, 6.07) is 7.87. The monoisotopic (exact) mass is 294 g/mol. The number of carboxylic acid groups (broad SMARTS) is 1. The quantitative estimate of drug-likeness (QED) is 0.899. The second kappa shape index (κ2) is 6.53. The van der Waals surface area contributed by atoms with E-state index in [1.165, 1.54) is 12.2 Å². The second-order valence-electron chi connectivity index (χ2n) is 5.94. The van der Waals surface area contributed by atoms with Crippen molar-refractivity contribution in [2.24, 2.45) is 0 Å². The lowest BCUT2D eigenvalue weighted by Crippen LogP contribution is -2.24. The van der Waals surface area contributed by atoms with Crippen molar-refractivity contribution in [1.29, 1.82) is 0 Å². The van der Waals surface area contributed by atoms with Gasteiger partial charge in [0.05, 0.1) is 6.42 Å². The predicted octanol–water partition coefficient (Wildman–Crippen LogP) is 3.71. The molecule has 1 N–H and O–H groups in total. The number of carbonyl (C=O) groups is 1. The van der Waals surface area contributed by atoms with E-state index >= 15 is 0 Å². The smallest absolute Gasteiger partial charge is 0.304 e. The first-order chi connectivity index (χ1) is 9.47. The molecule has 1 fully saturated rings. The van der Waals surface area contributed by atoms with Crippen molar-refractivity contribution in [3.63, 3.8) is 0 Å². The van der Waals surface area contributed by atoms with Gasteiger partial charge >= 0.3 is 5.97 Å². The fraction of sp³-hybridized carbons (Fsp3) is 0.562. The van der Waals surface area contributed by atoms with Crippen LogP contribution in [-0.4, -0.2) is 28.7 Å². The Labute approximate surface area is 124 Å². The summed E-state index contributed by atoms with van der Waals surface area (Å²) in [5.41, 5.74) is 0.677. The van der Waals surface area contributed by atoms with Crippen molar-refractivity contribution in [2.75, 3.05) is 11.5 Å². The molecule has 0 amide bonds. The van der Waals surface area contributed by atoms with Crippen molar-refractivity contribution in [3.8, 4) is 5.75 Å². The largest absolute Gasteiger partial charge is 0.490 e. The molecule has 1 aromatic rings. The van der Waals surface area contributed by atoms with Crippen LogP contribution in [0.5, 0.6) is 5.75 Å². The fourth-order valence-corrected chi connectivity index (χ4v) is 3.50. The number of carboxylic acids is 1. The Morgan fingerprint density at radius 1 is 1.40 bits per heavy atom. The third-order valence-electron chi connectivity index (χ3n) is 3.65. The van der Waals surface area contributed by atoms with Crippen LogP contribution in [0.1, 0.15) is 38.7 Å². The highest BCUT2D eigenvalue weighted by Crippen LogP contribution is 2.29. The number of aliphatic carboxylic acids is 1. The van der Waals surface area contributed by atoms with E-state index in [2.05, 4.69) is 0 Å². The van der Waals surface area contributed by atoms with Gasteiger partial charge in [-0.25, -0.2) is 0 Å². The molecule has 1 aromatic carbocycles. The van der Waals surface area contributed by atoms with Crippen molar-refractivity contribution in [1.82, 2.24) is 0 Å². The molecule has 0 radical (unpaired) electrons. The molecular formula is C16H22O3S. The van der Waals surface area contributed by atoms with Gasteiger partial charge in [0, 0.05) is 11.2 Å². The van der Waals surface area contributed by atoms with Gasteiger partial charge in [-0.2, -0.15) is 11.8 Å². The fourth-order valence-electron chi connectivity index (χ4n) is 2.46. The van der Waals surface area contributed by atoms with E-state index in [4.69, 9.17) is 9.84 Å². The average Bonchev–Trinajstić information content (AvgIpc) is 2.39. The number of ether oxygens (including phenoxy) is 1. The predicted molar refractivity (Wildman–Crippen MR) is 82.7 cm³/mol. The molecule has 1 saturated heterocycles. The number of benzene rings is 1. The van der Waals surface area contributed by atoms with E-state index in [-0.39, 0.29) is 11.8 Å². The maximum Gasteiger partial charge on any atom is 0.304 e. The molecule has 0 aromatic heterocycles. The van der Waals surface area contributed by atoms with Gasteiger partial charge in [0.15, 0.2) is 0 Å². The van der Waals surface area contributed by atoms with Crippen LogP contribution in [0.4, 0.5) is 0 Å². The van der Waals surface area contributed by atoms with E-state index in [9.17, 15) is 4.79 Å². The van der Waals surface area contributed by atoms with Crippen LogP contribution in [0.2, 0.25) is 0 Å². The Bertz CT molecular complexity index is 447. The Hall–Kier alpha value is -1.16. The Morgan fingerprint density at radius 2 is 2.10 bits per heavy atom. The van der Waals surface area contributed by atoms with Gasteiger partial charge in [-0.3, -0.25) is 4.79 Å². The maximum atomic E-state index is 10.9. The third kappa shape index (κ3) is 4.17. The molecule has 20 heavy (non-hydrogen) atoms. The van der Waals surface area contributed by atoms with Crippen LogP contribution in [0.3, 0.4) is 0 Å². The number of hydrogen-bond donors (Lipinski definition) is 1. The van der Waals surface area contributed by atoms with Crippen molar-refractivity contribution in [2.45, 2.75) is 44.6 Å². The molecule has 4 heteroatoms. The van der Waals surface area contributed by atoms with Crippen molar-refractivity contribution >= 4 is 17.7 Å². The van der Waals surface area contributed by atoms with Crippen LogP contribution in [0.15, 0.2) is 24.3 Å². The highest BCUT2D eigenvalue weighted by molar-refractivity contribution is 7.99. The summed E-state index contributed by atoms with van der Waals surface area (Å²) >= 11 is 1.95. The first-order valence-corrected chi connectivity index (χ1v) is 8.19. The summed E-state index contributed by atoms with van der Waals surface area (Å²) < 4.78 is 5.97. The van der Waals surface area contributed by atoms with Crippen molar-refractivity contribution < 1.29 is 14.6 Å². The maximum absolute atomic E-state index is 10.9. The summed E-state index contributed by atoms with van der Waals surface area (Å²) in [7, 11) is 0. The molecule has 1 unspecified atom stereocenters. The van der Waals surface area contributed by atoms with E-state index in [0.717, 1.165) is 23.5 Å². The van der Waals surface area contributed by atoms with Gasteiger partial charge in [0.1, 0.15) is 11.9 Å². The molecule has 1 aliphatic heterocycles. The summed E-state index contributed by atoms with van der Waals surface area (Å²) in [4.78, 5) is 10.9. The Balaban J connectivity index is 2.00. The normalized spacial score (nSPS) is 19.6. The SMILES string of the molecule is CC(C)(CC(=O)O)c1ccc(OC2CCCSC2)cc1. The highest BCUT2D eigenvalue weighted by atomic mass is 32.2.